The molecule has 7 heteroatoms. The van der Waals surface area contributed by atoms with Gasteiger partial charge < -0.3 is 15.0 Å². The number of rotatable bonds is 4. The van der Waals surface area contributed by atoms with Crippen molar-refractivity contribution in [3.05, 3.63) is 47.8 Å². The molecule has 7 nitrogen and oxygen atoms in total. The number of aromatic nitrogens is 2. The normalized spacial score (nSPS) is 14.8. The van der Waals surface area contributed by atoms with Gasteiger partial charge in [0.25, 0.3) is 5.91 Å². The highest BCUT2D eigenvalue weighted by Gasteiger charge is 2.18. The smallest absolute Gasteiger partial charge is 0.337 e. The van der Waals surface area contributed by atoms with Gasteiger partial charge in [0, 0.05) is 31.2 Å². The Morgan fingerprint density at radius 3 is 2.27 bits per heavy atom. The number of hydrogen-bond donors (Lipinski definition) is 1. The average molecular weight is 354 g/mol. The van der Waals surface area contributed by atoms with E-state index in [1.54, 1.807) is 36.7 Å². The maximum Gasteiger partial charge on any atom is 0.337 e. The summed E-state index contributed by atoms with van der Waals surface area (Å²) >= 11 is 0. The molecule has 0 unspecified atom stereocenters. The van der Waals surface area contributed by atoms with Gasteiger partial charge >= 0.3 is 5.97 Å². The highest BCUT2D eigenvalue weighted by molar-refractivity contribution is 6.04. The van der Waals surface area contributed by atoms with Crippen molar-refractivity contribution < 1.29 is 14.3 Å². The SMILES string of the molecule is COC(=O)c1ccc(NC(=O)c2cnc(N3CCC(C)CC3)nc2)cc1. The molecule has 1 aromatic heterocycles. The van der Waals surface area contributed by atoms with Crippen molar-refractivity contribution in [1.29, 1.82) is 0 Å². The van der Waals surface area contributed by atoms with Crippen LogP contribution >= 0.6 is 0 Å². The van der Waals surface area contributed by atoms with E-state index in [0.29, 0.717) is 22.8 Å². The van der Waals surface area contributed by atoms with Crippen LogP contribution < -0.4 is 10.2 Å². The Bertz CT molecular complexity index is 766. The van der Waals surface area contributed by atoms with Gasteiger partial charge in [-0.2, -0.15) is 0 Å². The van der Waals surface area contributed by atoms with Crippen LogP contribution in [0.25, 0.3) is 0 Å². The number of ether oxygens (including phenoxy) is 1. The second kappa shape index (κ2) is 7.95. The third kappa shape index (κ3) is 4.17. The highest BCUT2D eigenvalue weighted by Crippen LogP contribution is 2.20. The van der Waals surface area contributed by atoms with Crippen molar-refractivity contribution in [3.63, 3.8) is 0 Å². The predicted molar refractivity (Wildman–Crippen MR) is 98.4 cm³/mol. The van der Waals surface area contributed by atoms with Gasteiger partial charge in [-0.25, -0.2) is 14.8 Å². The Labute approximate surface area is 152 Å². The zero-order chi connectivity index (χ0) is 18.5. The van der Waals surface area contributed by atoms with Crippen LogP contribution in [0.5, 0.6) is 0 Å². The number of amides is 1. The lowest BCUT2D eigenvalue weighted by atomic mass is 10.00. The number of benzene rings is 1. The quantitative estimate of drug-likeness (QED) is 0.850. The van der Waals surface area contributed by atoms with Crippen molar-refractivity contribution in [1.82, 2.24) is 9.97 Å². The summed E-state index contributed by atoms with van der Waals surface area (Å²) in [6.07, 6.45) is 5.34. The minimum absolute atomic E-state index is 0.297. The molecule has 1 saturated heterocycles. The van der Waals surface area contributed by atoms with Crippen molar-refractivity contribution in [2.24, 2.45) is 5.92 Å². The Morgan fingerprint density at radius 2 is 1.69 bits per heavy atom. The van der Waals surface area contributed by atoms with Gasteiger partial charge in [-0.05, 0) is 43.0 Å². The number of carbonyl (C=O) groups excluding carboxylic acids is 2. The van der Waals surface area contributed by atoms with Crippen LogP contribution in [0.4, 0.5) is 11.6 Å². The van der Waals surface area contributed by atoms with Crippen LogP contribution in [0, 0.1) is 5.92 Å². The molecule has 1 amide bonds. The molecule has 0 spiro atoms. The number of nitrogens with zero attached hydrogens (tertiary/aromatic N) is 3. The van der Waals surface area contributed by atoms with Gasteiger partial charge in [0.2, 0.25) is 5.95 Å². The number of esters is 1. The molecule has 1 aliphatic rings. The summed E-state index contributed by atoms with van der Waals surface area (Å²) in [4.78, 5) is 34.6. The van der Waals surface area contributed by atoms with Crippen LogP contribution in [0.2, 0.25) is 0 Å². The molecular formula is C19H22N4O3. The van der Waals surface area contributed by atoms with E-state index in [-0.39, 0.29) is 5.91 Å². The summed E-state index contributed by atoms with van der Waals surface area (Å²) < 4.78 is 4.65. The highest BCUT2D eigenvalue weighted by atomic mass is 16.5. The largest absolute Gasteiger partial charge is 0.465 e. The molecule has 1 aliphatic heterocycles. The summed E-state index contributed by atoms with van der Waals surface area (Å²) in [6.45, 7) is 4.14. The zero-order valence-corrected chi connectivity index (χ0v) is 14.9. The molecule has 0 radical (unpaired) electrons. The molecule has 0 saturated carbocycles. The Hall–Kier alpha value is -2.96. The fraction of sp³-hybridized carbons (Fsp3) is 0.368. The number of carbonyl (C=O) groups is 2. The summed E-state index contributed by atoms with van der Waals surface area (Å²) in [7, 11) is 1.33. The molecule has 136 valence electrons. The monoisotopic (exact) mass is 354 g/mol. The molecule has 2 aromatic rings. The van der Waals surface area contributed by atoms with Crippen molar-refractivity contribution in [2.75, 3.05) is 30.4 Å². The minimum Gasteiger partial charge on any atom is -0.465 e. The fourth-order valence-electron chi connectivity index (χ4n) is 2.82. The second-order valence-corrected chi connectivity index (χ2v) is 6.46. The Balaban J connectivity index is 1.62. The molecule has 3 rings (SSSR count). The van der Waals surface area contributed by atoms with E-state index in [4.69, 9.17) is 0 Å². The van der Waals surface area contributed by atoms with E-state index in [1.807, 2.05) is 0 Å². The summed E-state index contributed by atoms with van der Waals surface area (Å²) in [5, 5.41) is 2.76. The van der Waals surface area contributed by atoms with Gasteiger partial charge in [0.1, 0.15) is 0 Å². The van der Waals surface area contributed by atoms with Gasteiger partial charge in [0.05, 0.1) is 18.2 Å². The number of piperidine rings is 1. The molecule has 0 aliphatic carbocycles. The first-order valence-corrected chi connectivity index (χ1v) is 8.63. The van der Waals surface area contributed by atoms with Crippen molar-refractivity contribution >= 4 is 23.5 Å². The van der Waals surface area contributed by atoms with Crippen LogP contribution in [0.1, 0.15) is 40.5 Å². The Kier molecular flexibility index (Phi) is 5.46. The maximum absolute atomic E-state index is 12.3. The van der Waals surface area contributed by atoms with Gasteiger partial charge in [-0.15, -0.1) is 0 Å². The zero-order valence-electron chi connectivity index (χ0n) is 14.9. The lowest BCUT2D eigenvalue weighted by Gasteiger charge is -2.30. The number of anilines is 2. The van der Waals surface area contributed by atoms with Crippen LogP contribution in [0.15, 0.2) is 36.7 Å². The lowest BCUT2D eigenvalue weighted by molar-refractivity contribution is 0.0600. The van der Waals surface area contributed by atoms with E-state index in [1.165, 1.54) is 7.11 Å². The Morgan fingerprint density at radius 1 is 1.08 bits per heavy atom. The average Bonchev–Trinajstić information content (AvgIpc) is 2.68. The first kappa shape index (κ1) is 17.8. The van der Waals surface area contributed by atoms with Crippen LogP contribution in [-0.2, 0) is 4.74 Å². The maximum atomic E-state index is 12.3. The van der Waals surface area contributed by atoms with Gasteiger partial charge in [0.15, 0.2) is 0 Å². The number of nitrogens with one attached hydrogen (secondary N) is 1. The van der Waals surface area contributed by atoms with Crippen LogP contribution in [0.3, 0.4) is 0 Å². The van der Waals surface area contributed by atoms with Crippen LogP contribution in [-0.4, -0.2) is 42.0 Å². The van der Waals surface area contributed by atoms with E-state index in [2.05, 4.69) is 31.8 Å². The number of hydrogen-bond acceptors (Lipinski definition) is 6. The summed E-state index contributed by atoms with van der Waals surface area (Å²) in [6, 6.07) is 6.49. The molecule has 0 atom stereocenters. The molecular weight excluding hydrogens is 332 g/mol. The molecule has 0 bridgehead atoms. The standard InChI is InChI=1S/C19H22N4O3/c1-13-7-9-23(10-8-13)19-20-11-15(12-21-19)17(24)22-16-5-3-14(4-6-16)18(25)26-2/h3-6,11-13H,7-10H2,1-2H3,(H,22,24). The topological polar surface area (TPSA) is 84.4 Å². The van der Waals surface area contributed by atoms with E-state index in [0.717, 1.165) is 31.8 Å². The van der Waals surface area contributed by atoms with Crippen molar-refractivity contribution in [2.45, 2.75) is 19.8 Å². The third-order valence-corrected chi connectivity index (χ3v) is 4.53. The summed E-state index contributed by atoms with van der Waals surface area (Å²) in [5.41, 5.74) is 1.39. The van der Waals surface area contributed by atoms with Gasteiger partial charge in [-0.1, -0.05) is 6.92 Å². The first-order valence-electron chi connectivity index (χ1n) is 8.63. The van der Waals surface area contributed by atoms with E-state index in [9.17, 15) is 9.59 Å². The lowest BCUT2D eigenvalue weighted by Crippen LogP contribution is -2.34. The molecule has 2 heterocycles. The van der Waals surface area contributed by atoms with E-state index < -0.39 is 5.97 Å². The predicted octanol–water partition coefficient (Wildman–Crippen LogP) is 2.75. The minimum atomic E-state index is -0.418. The first-order chi connectivity index (χ1) is 12.6. The summed E-state index contributed by atoms with van der Waals surface area (Å²) in [5.74, 6) is 0.686. The van der Waals surface area contributed by atoms with Gasteiger partial charge in [-0.3, -0.25) is 4.79 Å². The second-order valence-electron chi connectivity index (χ2n) is 6.46. The fourth-order valence-corrected chi connectivity index (χ4v) is 2.82. The third-order valence-electron chi connectivity index (χ3n) is 4.53. The molecule has 26 heavy (non-hydrogen) atoms. The molecule has 1 N–H and O–H groups in total. The van der Waals surface area contributed by atoms with E-state index >= 15 is 0 Å². The number of methoxy groups -OCH3 is 1. The molecule has 1 fully saturated rings. The van der Waals surface area contributed by atoms with Crippen molar-refractivity contribution in [3.8, 4) is 0 Å². The molecule has 1 aromatic carbocycles.